The van der Waals surface area contributed by atoms with Crippen LogP contribution in [0.25, 0.3) is 27.8 Å². The summed E-state index contributed by atoms with van der Waals surface area (Å²) in [5, 5.41) is 0. The monoisotopic (exact) mass is 567 g/mol. The maximum Gasteiger partial charge on any atom is 0.0462 e. The number of rotatable bonds is 9. The Balaban J connectivity index is 1.30. The quantitative estimate of drug-likeness (QED) is 0.157. The molecule has 0 heterocycles. The van der Waals surface area contributed by atoms with Crippen LogP contribution in [-0.4, -0.2) is 0 Å². The van der Waals surface area contributed by atoms with E-state index >= 15 is 0 Å². The Morgan fingerprint density at radius 3 is 1.57 bits per heavy atom. The van der Waals surface area contributed by atoms with Crippen molar-refractivity contribution < 1.29 is 0 Å². The summed E-state index contributed by atoms with van der Waals surface area (Å²) >= 11 is 0. The molecule has 0 aliphatic heterocycles. The van der Waals surface area contributed by atoms with Gasteiger partial charge in [0.05, 0.1) is 0 Å². The van der Waals surface area contributed by atoms with Crippen molar-refractivity contribution in [2.24, 2.45) is 0 Å². The van der Waals surface area contributed by atoms with Crippen molar-refractivity contribution in [3.05, 3.63) is 193 Å². The number of nitrogens with zero attached hydrogens (tertiary/aromatic N) is 1. The van der Waals surface area contributed by atoms with Gasteiger partial charge in [0.15, 0.2) is 0 Å². The molecular formula is C43H37N. The second-order valence-electron chi connectivity index (χ2n) is 11.0. The number of para-hydroxylation sites is 1. The van der Waals surface area contributed by atoms with Gasteiger partial charge in [-0.05, 0) is 88.2 Å². The second-order valence-corrected chi connectivity index (χ2v) is 11.0. The topological polar surface area (TPSA) is 3.24 Å². The molecule has 1 heteroatoms. The molecule has 0 aliphatic rings. The normalized spacial score (nSPS) is 12.3. The number of allylic oxidation sites excluding steroid dienone is 4. The predicted molar refractivity (Wildman–Crippen MR) is 190 cm³/mol. The van der Waals surface area contributed by atoms with Gasteiger partial charge in [-0.1, -0.05) is 153 Å². The van der Waals surface area contributed by atoms with Crippen molar-refractivity contribution in [1.82, 2.24) is 0 Å². The number of benzene rings is 6. The minimum Gasteiger partial charge on any atom is -0.311 e. The highest BCUT2D eigenvalue weighted by atomic mass is 15.1. The van der Waals surface area contributed by atoms with Crippen molar-refractivity contribution >= 4 is 22.6 Å². The Morgan fingerprint density at radius 1 is 0.500 bits per heavy atom. The first-order valence-electron chi connectivity index (χ1n) is 15.3. The van der Waals surface area contributed by atoms with Crippen LogP contribution in [0.3, 0.4) is 0 Å². The summed E-state index contributed by atoms with van der Waals surface area (Å²) in [7, 11) is 0. The molecule has 1 nitrogen and oxygen atoms in total. The summed E-state index contributed by atoms with van der Waals surface area (Å²) in [6.45, 7) is 4.36. The lowest BCUT2D eigenvalue weighted by atomic mass is 9.92. The van der Waals surface area contributed by atoms with Gasteiger partial charge >= 0.3 is 0 Å². The van der Waals surface area contributed by atoms with Crippen molar-refractivity contribution in [1.29, 1.82) is 0 Å². The summed E-state index contributed by atoms with van der Waals surface area (Å²) in [6, 6.07) is 58.3. The van der Waals surface area contributed by atoms with Crippen LogP contribution in [0, 0.1) is 0 Å². The summed E-state index contributed by atoms with van der Waals surface area (Å²) < 4.78 is 0. The molecule has 0 spiro atoms. The SMILES string of the molecule is C/C=C\C(=C/[C@H](C)c1cccc(-c2ccccc2)c1)c1ccc(N(c2ccccc2)c2ccc(-c3ccccc3)cc2)cc1. The predicted octanol–water partition coefficient (Wildman–Crippen LogP) is 12.3. The average Bonchev–Trinajstić information content (AvgIpc) is 3.10. The van der Waals surface area contributed by atoms with Crippen molar-refractivity contribution in [2.45, 2.75) is 19.8 Å². The van der Waals surface area contributed by atoms with Crippen LogP contribution in [0.2, 0.25) is 0 Å². The van der Waals surface area contributed by atoms with Crippen LogP contribution in [0.15, 0.2) is 182 Å². The standard InChI is InChI=1S/C43H37N/c1-3-14-39(31-33(2)38-19-13-20-40(32-38)35-17-9-5-10-18-35)37-25-29-43(30-26-37)44(41-21-11-6-12-22-41)42-27-23-36(24-28-42)34-15-7-4-8-16-34/h3-33H,1-2H3/b14-3-,39-31+/t33-/m0/s1. The first kappa shape index (κ1) is 28.7. The molecule has 0 saturated carbocycles. The third-order valence-electron chi connectivity index (χ3n) is 8.00. The fraction of sp³-hybridized carbons (Fsp3) is 0.0698. The summed E-state index contributed by atoms with van der Waals surface area (Å²) in [5.41, 5.74) is 12.0. The highest BCUT2D eigenvalue weighted by Gasteiger charge is 2.14. The van der Waals surface area contributed by atoms with Crippen LogP contribution < -0.4 is 4.90 Å². The van der Waals surface area contributed by atoms with E-state index in [9.17, 15) is 0 Å². The minimum atomic E-state index is 0.258. The number of hydrogen-bond acceptors (Lipinski definition) is 1. The van der Waals surface area contributed by atoms with E-state index < -0.39 is 0 Å². The van der Waals surface area contributed by atoms with Crippen LogP contribution in [0.4, 0.5) is 17.1 Å². The molecule has 1 atom stereocenters. The molecule has 0 radical (unpaired) electrons. The molecule has 0 N–H and O–H groups in total. The van der Waals surface area contributed by atoms with E-state index in [-0.39, 0.29) is 5.92 Å². The maximum atomic E-state index is 2.37. The van der Waals surface area contributed by atoms with Gasteiger partial charge in [0.2, 0.25) is 0 Å². The molecule has 0 fully saturated rings. The zero-order valence-electron chi connectivity index (χ0n) is 25.3. The molecule has 6 rings (SSSR count). The lowest BCUT2D eigenvalue weighted by Gasteiger charge is -2.26. The minimum absolute atomic E-state index is 0.258. The van der Waals surface area contributed by atoms with E-state index in [2.05, 4.69) is 201 Å². The lowest BCUT2D eigenvalue weighted by molar-refractivity contribution is 0.970. The summed E-state index contributed by atoms with van der Waals surface area (Å²) in [6.07, 6.45) is 6.71. The number of hydrogen-bond donors (Lipinski definition) is 0. The van der Waals surface area contributed by atoms with Crippen LogP contribution >= 0.6 is 0 Å². The fourth-order valence-corrected chi connectivity index (χ4v) is 5.69. The average molecular weight is 568 g/mol. The number of anilines is 3. The van der Waals surface area contributed by atoms with E-state index in [0.717, 1.165) is 17.1 Å². The van der Waals surface area contributed by atoms with E-state index in [0.29, 0.717) is 0 Å². The van der Waals surface area contributed by atoms with Crippen LogP contribution in [-0.2, 0) is 0 Å². The zero-order valence-corrected chi connectivity index (χ0v) is 25.3. The van der Waals surface area contributed by atoms with Crippen molar-refractivity contribution in [3.63, 3.8) is 0 Å². The highest BCUT2D eigenvalue weighted by molar-refractivity contribution is 5.81. The second kappa shape index (κ2) is 13.7. The van der Waals surface area contributed by atoms with Gasteiger partial charge in [-0.15, -0.1) is 0 Å². The molecule has 0 saturated heterocycles. The van der Waals surface area contributed by atoms with Crippen molar-refractivity contribution in [2.75, 3.05) is 4.90 Å². The Hall–Kier alpha value is -5.40. The van der Waals surface area contributed by atoms with Crippen LogP contribution in [0.1, 0.15) is 30.9 Å². The van der Waals surface area contributed by atoms with Crippen LogP contribution in [0.5, 0.6) is 0 Å². The maximum absolute atomic E-state index is 2.37. The smallest absolute Gasteiger partial charge is 0.0462 e. The van der Waals surface area contributed by atoms with E-state index in [1.807, 2.05) is 0 Å². The Bertz CT molecular complexity index is 1830. The molecule has 0 aliphatic carbocycles. The third-order valence-corrected chi connectivity index (χ3v) is 8.00. The van der Waals surface area contributed by atoms with Gasteiger partial charge in [0.25, 0.3) is 0 Å². The molecule has 0 bridgehead atoms. The first-order valence-corrected chi connectivity index (χ1v) is 15.3. The van der Waals surface area contributed by atoms with Gasteiger partial charge < -0.3 is 4.90 Å². The van der Waals surface area contributed by atoms with Crippen molar-refractivity contribution in [3.8, 4) is 22.3 Å². The summed E-state index contributed by atoms with van der Waals surface area (Å²) in [5.74, 6) is 0.258. The third kappa shape index (κ3) is 6.64. The molecule has 44 heavy (non-hydrogen) atoms. The Kier molecular flexibility index (Phi) is 8.95. The van der Waals surface area contributed by atoms with Gasteiger partial charge in [-0.25, -0.2) is 0 Å². The van der Waals surface area contributed by atoms with E-state index in [4.69, 9.17) is 0 Å². The summed E-state index contributed by atoms with van der Waals surface area (Å²) in [4.78, 5) is 2.31. The van der Waals surface area contributed by atoms with Gasteiger partial charge in [0.1, 0.15) is 0 Å². The zero-order chi connectivity index (χ0) is 30.1. The largest absolute Gasteiger partial charge is 0.311 e. The van der Waals surface area contributed by atoms with Gasteiger partial charge in [-0.2, -0.15) is 0 Å². The fourth-order valence-electron chi connectivity index (χ4n) is 5.69. The first-order chi connectivity index (χ1) is 21.7. The van der Waals surface area contributed by atoms with Gasteiger partial charge in [0, 0.05) is 17.1 Å². The molecule has 6 aromatic carbocycles. The van der Waals surface area contributed by atoms with E-state index in [1.54, 1.807) is 0 Å². The van der Waals surface area contributed by atoms with Gasteiger partial charge in [-0.3, -0.25) is 0 Å². The molecule has 0 unspecified atom stereocenters. The van der Waals surface area contributed by atoms with E-state index in [1.165, 1.54) is 39.0 Å². The molecular weight excluding hydrogens is 530 g/mol. The molecule has 0 amide bonds. The lowest BCUT2D eigenvalue weighted by Crippen LogP contribution is -2.09. The highest BCUT2D eigenvalue weighted by Crippen LogP contribution is 2.36. The molecule has 214 valence electrons. The molecule has 6 aromatic rings. The Morgan fingerprint density at radius 2 is 0.977 bits per heavy atom. The Labute approximate surface area is 262 Å². The molecule has 0 aromatic heterocycles.